The van der Waals surface area contributed by atoms with Gasteiger partial charge in [-0.2, -0.15) is 0 Å². The van der Waals surface area contributed by atoms with Crippen molar-refractivity contribution >= 4 is 0 Å². The maximum absolute atomic E-state index is 6.46. The fraction of sp³-hybridized carbons (Fsp3) is 0.684. The lowest BCUT2D eigenvalue weighted by Gasteiger charge is -2.46. The van der Waals surface area contributed by atoms with E-state index in [1.807, 2.05) is 0 Å². The molecule has 1 fully saturated rings. The average molecular weight is 288 g/mol. The number of hydrogen-bond acceptors (Lipinski definition) is 2. The molecule has 0 spiro atoms. The summed E-state index contributed by atoms with van der Waals surface area (Å²) in [5.41, 5.74) is 8.22. The molecule has 0 radical (unpaired) electrons. The Morgan fingerprint density at radius 3 is 2.33 bits per heavy atom. The van der Waals surface area contributed by atoms with Crippen molar-refractivity contribution in [2.75, 3.05) is 7.05 Å². The Balaban J connectivity index is 2.11. The molecule has 21 heavy (non-hydrogen) atoms. The molecule has 2 heteroatoms. The summed E-state index contributed by atoms with van der Waals surface area (Å²) in [6, 6.07) is 12.3. The van der Waals surface area contributed by atoms with E-state index in [1.165, 1.54) is 18.4 Å². The van der Waals surface area contributed by atoms with Gasteiger partial charge in [-0.15, -0.1) is 0 Å². The van der Waals surface area contributed by atoms with Crippen molar-refractivity contribution in [3.05, 3.63) is 35.9 Å². The first kappa shape index (κ1) is 16.5. The van der Waals surface area contributed by atoms with Crippen molar-refractivity contribution in [3.63, 3.8) is 0 Å². The van der Waals surface area contributed by atoms with Gasteiger partial charge >= 0.3 is 0 Å². The minimum Gasteiger partial charge on any atom is -0.326 e. The largest absolute Gasteiger partial charge is 0.326 e. The van der Waals surface area contributed by atoms with Crippen LogP contribution in [0.1, 0.15) is 58.4 Å². The third-order valence-corrected chi connectivity index (χ3v) is 5.53. The first-order valence-electron chi connectivity index (χ1n) is 8.33. The van der Waals surface area contributed by atoms with Crippen LogP contribution < -0.4 is 5.73 Å². The molecule has 0 amide bonds. The Morgan fingerprint density at radius 2 is 1.76 bits per heavy atom. The van der Waals surface area contributed by atoms with Gasteiger partial charge in [-0.3, -0.25) is 4.90 Å². The molecule has 0 aromatic heterocycles. The van der Waals surface area contributed by atoms with Crippen LogP contribution >= 0.6 is 0 Å². The Hall–Kier alpha value is -0.860. The van der Waals surface area contributed by atoms with Crippen LogP contribution in [0.4, 0.5) is 0 Å². The van der Waals surface area contributed by atoms with Gasteiger partial charge in [0, 0.05) is 18.1 Å². The van der Waals surface area contributed by atoms with E-state index in [-0.39, 0.29) is 5.41 Å². The van der Waals surface area contributed by atoms with Crippen LogP contribution in [-0.4, -0.2) is 30.1 Å². The topological polar surface area (TPSA) is 29.3 Å². The number of hydrogen-bond donors (Lipinski definition) is 1. The number of benzene rings is 1. The molecule has 1 saturated carbocycles. The molecule has 118 valence electrons. The molecule has 1 aliphatic carbocycles. The first-order valence-corrected chi connectivity index (χ1v) is 8.33. The van der Waals surface area contributed by atoms with E-state index in [0.717, 1.165) is 6.42 Å². The van der Waals surface area contributed by atoms with Gasteiger partial charge in [0.2, 0.25) is 0 Å². The number of rotatable bonds is 3. The van der Waals surface area contributed by atoms with Gasteiger partial charge in [-0.1, -0.05) is 51.1 Å². The van der Waals surface area contributed by atoms with Gasteiger partial charge < -0.3 is 5.73 Å². The van der Waals surface area contributed by atoms with Gasteiger partial charge in [0.05, 0.1) is 0 Å². The Morgan fingerprint density at radius 1 is 1.14 bits per heavy atom. The summed E-state index contributed by atoms with van der Waals surface area (Å²) in [6.07, 6.45) is 3.53. The van der Waals surface area contributed by atoms with E-state index in [9.17, 15) is 0 Å². The van der Waals surface area contributed by atoms with Crippen molar-refractivity contribution in [3.8, 4) is 0 Å². The Labute approximate surface area is 130 Å². The fourth-order valence-corrected chi connectivity index (χ4v) is 3.56. The number of nitrogens with zero attached hydrogens (tertiary/aromatic N) is 1. The van der Waals surface area contributed by atoms with Crippen molar-refractivity contribution in [1.82, 2.24) is 4.90 Å². The normalized spacial score (nSPS) is 28.6. The van der Waals surface area contributed by atoms with Crippen LogP contribution in [0.2, 0.25) is 0 Å². The standard InChI is InChI=1S/C19H32N2/c1-14(19(2,3)4)21(5)18-13-16(11-12-17(18)20)15-9-7-6-8-10-15/h6-10,14,16-18H,11-13,20H2,1-5H3. The zero-order valence-corrected chi connectivity index (χ0v) is 14.3. The highest BCUT2D eigenvalue weighted by Crippen LogP contribution is 2.36. The minimum absolute atomic E-state index is 0.286. The predicted molar refractivity (Wildman–Crippen MR) is 91.5 cm³/mol. The van der Waals surface area contributed by atoms with Crippen LogP contribution in [0.3, 0.4) is 0 Å². The van der Waals surface area contributed by atoms with E-state index in [1.54, 1.807) is 0 Å². The van der Waals surface area contributed by atoms with E-state index in [0.29, 0.717) is 24.0 Å². The Kier molecular flexibility index (Phi) is 5.11. The van der Waals surface area contributed by atoms with E-state index >= 15 is 0 Å². The van der Waals surface area contributed by atoms with Crippen LogP contribution in [0.15, 0.2) is 30.3 Å². The zero-order valence-electron chi connectivity index (χ0n) is 14.3. The van der Waals surface area contributed by atoms with Gasteiger partial charge in [0.25, 0.3) is 0 Å². The van der Waals surface area contributed by atoms with Crippen molar-refractivity contribution in [1.29, 1.82) is 0 Å². The average Bonchev–Trinajstić information content (AvgIpc) is 2.46. The lowest BCUT2D eigenvalue weighted by molar-refractivity contribution is 0.0625. The lowest BCUT2D eigenvalue weighted by atomic mass is 9.77. The van der Waals surface area contributed by atoms with Gasteiger partial charge in [0.1, 0.15) is 0 Å². The highest BCUT2D eigenvalue weighted by atomic mass is 15.2. The molecule has 2 N–H and O–H groups in total. The molecule has 1 aromatic rings. The Bertz CT molecular complexity index is 435. The molecule has 0 aliphatic heterocycles. The van der Waals surface area contributed by atoms with Crippen LogP contribution in [0, 0.1) is 5.41 Å². The van der Waals surface area contributed by atoms with Crippen molar-refractivity contribution < 1.29 is 0 Å². The molecule has 1 aromatic carbocycles. The quantitative estimate of drug-likeness (QED) is 0.910. The minimum atomic E-state index is 0.286. The van der Waals surface area contributed by atoms with E-state index < -0.39 is 0 Å². The zero-order chi connectivity index (χ0) is 15.6. The highest BCUT2D eigenvalue weighted by Gasteiger charge is 2.36. The molecule has 1 aliphatic rings. The van der Waals surface area contributed by atoms with Gasteiger partial charge in [0.15, 0.2) is 0 Å². The smallest absolute Gasteiger partial charge is 0.0253 e. The maximum Gasteiger partial charge on any atom is 0.0253 e. The van der Waals surface area contributed by atoms with Gasteiger partial charge in [-0.25, -0.2) is 0 Å². The van der Waals surface area contributed by atoms with Crippen molar-refractivity contribution in [2.24, 2.45) is 11.1 Å². The molecular weight excluding hydrogens is 256 g/mol. The van der Waals surface area contributed by atoms with E-state index in [4.69, 9.17) is 5.73 Å². The lowest BCUT2D eigenvalue weighted by Crippen LogP contribution is -2.54. The maximum atomic E-state index is 6.46. The summed E-state index contributed by atoms with van der Waals surface area (Å²) in [6.45, 7) is 9.28. The molecular formula is C19H32N2. The second-order valence-electron chi connectivity index (χ2n) is 7.86. The van der Waals surface area contributed by atoms with Crippen LogP contribution in [-0.2, 0) is 0 Å². The summed E-state index contributed by atoms with van der Waals surface area (Å²) < 4.78 is 0. The third kappa shape index (κ3) is 3.87. The fourth-order valence-electron chi connectivity index (χ4n) is 3.56. The summed E-state index contributed by atoms with van der Waals surface area (Å²) in [4.78, 5) is 2.53. The number of likely N-dealkylation sites (N-methyl/N-ethyl adjacent to an activating group) is 1. The highest BCUT2D eigenvalue weighted by molar-refractivity contribution is 5.21. The summed E-state index contributed by atoms with van der Waals surface area (Å²) in [7, 11) is 2.26. The third-order valence-electron chi connectivity index (χ3n) is 5.53. The molecule has 0 heterocycles. The second kappa shape index (κ2) is 6.50. The van der Waals surface area contributed by atoms with Crippen LogP contribution in [0.25, 0.3) is 0 Å². The monoisotopic (exact) mass is 288 g/mol. The van der Waals surface area contributed by atoms with Crippen LogP contribution in [0.5, 0.6) is 0 Å². The molecule has 4 unspecified atom stereocenters. The SMILES string of the molecule is CC(N(C)C1CC(c2ccccc2)CCC1N)C(C)(C)C. The molecule has 2 nitrogen and oxygen atoms in total. The first-order chi connectivity index (χ1) is 9.80. The molecule has 4 atom stereocenters. The summed E-state index contributed by atoms with van der Waals surface area (Å²) in [5, 5.41) is 0. The van der Waals surface area contributed by atoms with E-state index in [2.05, 4.69) is 70.0 Å². The number of nitrogens with two attached hydrogens (primary N) is 1. The molecule has 2 rings (SSSR count). The predicted octanol–water partition coefficient (Wildman–Crippen LogP) is 4.02. The molecule has 0 saturated heterocycles. The van der Waals surface area contributed by atoms with Gasteiger partial charge in [-0.05, 0) is 50.1 Å². The second-order valence-corrected chi connectivity index (χ2v) is 7.86. The summed E-state index contributed by atoms with van der Waals surface area (Å²) >= 11 is 0. The summed E-state index contributed by atoms with van der Waals surface area (Å²) in [5.74, 6) is 0.658. The van der Waals surface area contributed by atoms with Crippen molar-refractivity contribution in [2.45, 2.75) is 71.0 Å². The molecule has 0 bridgehead atoms.